The van der Waals surface area contributed by atoms with Crippen molar-refractivity contribution < 1.29 is 24.7 Å². The van der Waals surface area contributed by atoms with Crippen molar-refractivity contribution in [3.63, 3.8) is 0 Å². The number of carbonyl (C=O) groups excluding carboxylic acids is 1. The summed E-state index contributed by atoms with van der Waals surface area (Å²) in [4.78, 5) is 32.2. The zero-order valence-electron chi connectivity index (χ0n) is 10.1. The highest BCUT2D eigenvalue weighted by Gasteiger charge is 2.21. The molecule has 0 aliphatic carbocycles. The smallest absolute Gasteiger partial charge is 0.332 e. The summed E-state index contributed by atoms with van der Waals surface area (Å²) >= 11 is 5.67. The lowest BCUT2D eigenvalue weighted by Crippen LogP contribution is -2.30. The number of carbonyl (C=O) groups is 2. The lowest BCUT2D eigenvalue weighted by molar-refractivity contribution is -0.385. The van der Waals surface area contributed by atoms with Crippen LogP contribution in [0.3, 0.4) is 0 Å². The minimum atomic E-state index is -1.61. The molecule has 1 amide bonds. The summed E-state index contributed by atoms with van der Waals surface area (Å²) < 4.78 is 0. The minimum absolute atomic E-state index is 0.143. The molecule has 0 aliphatic rings. The van der Waals surface area contributed by atoms with E-state index in [2.05, 4.69) is 5.32 Å². The fourth-order valence-corrected chi connectivity index (χ4v) is 1.56. The van der Waals surface area contributed by atoms with Gasteiger partial charge in [-0.05, 0) is 12.1 Å². The van der Waals surface area contributed by atoms with E-state index in [1.165, 1.54) is 6.07 Å². The third-order valence-electron chi connectivity index (χ3n) is 2.39. The molecule has 20 heavy (non-hydrogen) atoms. The van der Waals surface area contributed by atoms with E-state index >= 15 is 0 Å². The molecule has 0 bridgehead atoms. The molecule has 0 saturated carbocycles. The highest BCUT2D eigenvalue weighted by molar-refractivity contribution is 6.31. The first kappa shape index (κ1) is 15.9. The van der Waals surface area contributed by atoms with E-state index in [0.717, 1.165) is 12.1 Å². The van der Waals surface area contributed by atoms with Gasteiger partial charge in [0.2, 0.25) is 0 Å². The van der Waals surface area contributed by atoms with Crippen LogP contribution in [0.1, 0.15) is 16.8 Å². The Kier molecular flexibility index (Phi) is 5.42. The highest BCUT2D eigenvalue weighted by Crippen LogP contribution is 2.22. The van der Waals surface area contributed by atoms with Crippen LogP contribution < -0.4 is 5.32 Å². The van der Waals surface area contributed by atoms with Gasteiger partial charge in [0.25, 0.3) is 11.6 Å². The maximum absolute atomic E-state index is 11.8. The molecule has 1 atom stereocenters. The zero-order valence-corrected chi connectivity index (χ0v) is 10.8. The van der Waals surface area contributed by atoms with Crippen molar-refractivity contribution in [2.24, 2.45) is 0 Å². The van der Waals surface area contributed by atoms with Crippen LogP contribution in [0, 0.1) is 10.1 Å². The van der Waals surface area contributed by atoms with Crippen molar-refractivity contribution in [1.82, 2.24) is 5.32 Å². The van der Waals surface area contributed by atoms with Gasteiger partial charge in [-0.3, -0.25) is 14.9 Å². The van der Waals surface area contributed by atoms with Crippen LogP contribution in [0.2, 0.25) is 5.02 Å². The number of carboxylic acids is 1. The van der Waals surface area contributed by atoms with E-state index in [1.807, 2.05) is 0 Å². The third-order valence-corrected chi connectivity index (χ3v) is 2.62. The average molecular weight is 303 g/mol. The topological polar surface area (TPSA) is 130 Å². The molecule has 0 aliphatic heterocycles. The number of amides is 1. The summed E-state index contributed by atoms with van der Waals surface area (Å²) in [5.74, 6) is -2.18. The van der Waals surface area contributed by atoms with E-state index in [-0.39, 0.29) is 23.6 Å². The third kappa shape index (κ3) is 4.18. The molecule has 0 fully saturated rings. The summed E-state index contributed by atoms with van der Waals surface area (Å²) in [6.07, 6.45) is -1.82. The average Bonchev–Trinajstić information content (AvgIpc) is 2.37. The Bertz CT molecular complexity index is 548. The van der Waals surface area contributed by atoms with Gasteiger partial charge in [0, 0.05) is 24.1 Å². The Balaban J connectivity index is 2.75. The van der Waals surface area contributed by atoms with Gasteiger partial charge in [-0.25, -0.2) is 4.79 Å². The number of halogens is 1. The fourth-order valence-electron chi connectivity index (χ4n) is 1.39. The summed E-state index contributed by atoms with van der Waals surface area (Å²) in [6.45, 7) is -0.143. The lowest BCUT2D eigenvalue weighted by atomic mass is 10.1. The molecule has 1 aromatic rings. The lowest BCUT2D eigenvalue weighted by Gasteiger charge is -2.08. The number of hydrogen-bond donors (Lipinski definition) is 3. The second-order valence-electron chi connectivity index (χ2n) is 3.82. The quantitative estimate of drug-likeness (QED) is 0.526. The van der Waals surface area contributed by atoms with Crippen LogP contribution in [-0.2, 0) is 4.79 Å². The first-order valence-electron chi connectivity index (χ1n) is 5.46. The molecule has 108 valence electrons. The monoisotopic (exact) mass is 302 g/mol. The molecule has 0 saturated heterocycles. The molecule has 0 spiro atoms. The second kappa shape index (κ2) is 6.83. The highest BCUT2D eigenvalue weighted by atomic mass is 35.5. The van der Waals surface area contributed by atoms with Crippen LogP contribution in [0.4, 0.5) is 5.69 Å². The number of benzene rings is 1. The van der Waals surface area contributed by atoms with Gasteiger partial charge in [-0.15, -0.1) is 0 Å². The van der Waals surface area contributed by atoms with Crippen molar-refractivity contribution in [1.29, 1.82) is 0 Å². The van der Waals surface area contributed by atoms with E-state index in [9.17, 15) is 19.7 Å². The number of rotatable bonds is 6. The van der Waals surface area contributed by atoms with Gasteiger partial charge < -0.3 is 15.5 Å². The fraction of sp³-hybridized carbons (Fsp3) is 0.273. The number of nitro benzene ring substituents is 1. The maximum atomic E-state index is 11.8. The molecule has 9 heteroatoms. The van der Waals surface area contributed by atoms with Crippen molar-refractivity contribution in [3.05, 3.63) is 38.9 Å². The summed E-state index contributed by atoms with van der Waals surface area (Å²) in [5.41, 5.74) is -0.641. The van der Waals surface area contributed by atoms with Crippen LogP contribution in [0.15, 0.2) is 18.2 Å². The molecule has 3 N–H and O–H groups in total. The minimum Gasteiger partial charge on any atom is -0.479 e. The van der Waals surface area contributed by atoms with Crippen molar-refractivity contribution in [2.75, 3.05) is 6.54 Å². The standard InChI is InChI=1S/C11H11ClN2O6/c12-6-1-2-8(14(19)20)7(5-6)10(16)13-4-3-9(15)11(17)18/h1-2,5,9,15H,3-4H2,(H,13,16)(H,17,18)/t9-/m0/s1. The van der Waals surface area contributed by atoms with Gasteiger partial charge in [-0.1, -0.05) is 11.6 Å². The van der Waals surface area contributed by atoms with Gasteiger partial charge in [0.15, 0.2) is 6.10 Å². The van der Waals surface area contributed by atoms with E-state index in [0.29, 0.717) is 0 Å². The van der Waals surface area contributed by atoms with Crippen molar-refractivity contribution in [3.8, 4) is 0 Å². The SMILES string of the molecule is O=C(NCC[C@H](O)C(=O)O)c1cc(Cl)ccc1[N+](=O)[O-]. The number of nitro groups is 1. The second-order valence-corrected chi connectivity index (χ2v) is 4.25. The molecule has 0 radical (unpaired) electrons. The van der Waals surface area contributed by atoms with Crippen LogP contribution in [0.5, 0.6) is 0 Å². The Labute approximate surface area is 118 Å². The van der Waals surface area contributed by atoms with Gasteiger partial charge in [0.05, 0.1) is 4.92 Å². The Morgan fingerprint density at radius 3 is 2.65 bits per heavy atom. The molecule has 1 aromatic carbocycles. The Morgan fingerprint density at radius 2 is 2.10 bits per heavy atom. The largest absolute Gasteiger partial charge is 0.479 e. The number of nitrogens with zero attached hydrogens (tertiary/aromatic N) is 1. The van der Waals surface area contributed by atoms with Crippen LogP contribution in [0.25, 0.3) is 0 Å². The van der Waals surface area contributed by atoms with E-state index in [4.69, 9.17) is 21.8 Å². The number of nitrogens with one attached hydrogen (secondary N) is 1. The molecule has 1 rings (SSSR count). The summed E-state index contributed by atoms with van der Waals surface area (Å²) in [7, 11) is 0. The predicted octanol–water partition coefficient (Wildman–Crippen LogP) is 0.814. The molecular formula is C11H11ClN2O6. The van der Waals surface area contributed by atoms with Crippen LogP contribution >= 0.6 is 11.6 Å². The molecule has 0 unspecified atom stereocenters. The van der Waals surface area contributed by atoms with Gasteiger partial charge in [0.1, 0.15) is 5.56 Å². The van der Waals surface area contributed by atoms with E-state index in [1.54, 1.807) is 0 Å². The molecular weight excluding hydrogens is 292 g/mol. The number of aliphatic hydroxyl groups excluding tert-OH is 1. The first-order chi connectivity index (χ1) is 9.32. The number of hydrogen-bond acceptors (Lipinski definition) is 5. The van der Waals surface area contributed by atoms with Gasteiger partial charge >= 0.3 is 5.97 Å². The molecule has 0 heterocycles. The summed E-state index contributed by atoms with van der Waals surface area (Å²) in [5, 5.41) is 30.7. The van der Waals surface area contributed by atoms with Gasteiger partial charge in [-0.2, -0.15) is 0 Å². The number of aliphatic carboxylic acids is 1. The number of carboxylic acid groups (broad SMARTS) is 1. The molecule has 8 nitrogen and oxygen atoms in total. The maximum Gasteiger partial charge on any atom is 0.332 e. The number of aliphatic hydroxyl groups is 1. The van der Waals surface area contributed by atoms with E-state index < -0.39 is 28.6 Å². The Morgan fingerprint density at radius 1 is 1.45 bits per heavy atom. The predicted molar refractivity (Wildman–Crippen MR) is 68.7 cm³/mol. The first-order valence-corrected chi connectivity index (χ1v) is 5.83. The van der Waals surface area contributed by atoms with Crippen molar-refractivity contribution >= 4 is 29.2 Å². The molecule has 0 aromatic heterocycles. The van der Waals surface area contributed by atoms with Crippen LogP contribution in [-0.4, -0.2) is 39.7 Å². The normalized spacial score (nSPS) is 11.7. The summed E-state index contributed by atoms with van der Waals surface area (Å²) in [6, 6.07) is 3.52. The Hall–Kier alpha value is -2.19. The van der Waals surface area contributed by atoms with Crippen molar-refractivity contribution in [2.45, 2.75) is 12.5 Å². The zero-order chi connectivity index (χ0) is 15.3.